The Kier molecular flexibility index (Phi) is 3.12. The number of nitrogens with zero attached hydrogens (tertiary/aromatic N) is 4. The Bertz CT molecular complexity index is 1010. The molecular formula is C18H13FN4. The number of aryl methyl sites for hydroxylation is 1. The second-order valence-corrected chi connectivity index (χ2v) is 5.34. The molecule has 0 saturated carbocycles. The third-order valence-electron chi connectivity index (χ3n) is 3.83. The summed E-state index contributed by atoms with van der Waals surface area (Å²) in [6.45, 7) is 1.75. The normalized spacial score (nSPS) is 11.0. The summed E-state index contributed by atoms with van der Waals surface area (Å²) in [5.41, 5.74) is 5.06. The number of benzene rings is 1. The highest BCUT2D eigenvalue weighted by Gasteiger charge is 2.11. The zero-order valence-corrected chi connectivity index (χ0v) is 12.4. The van der Waals surface area contributed by atoms with E-state index in [0.29, 0.717) is 5.56 Å². The Balaban J connectivity index is 1.90. The lowest BCUT2D eigenvalue weighted by molar-refractivity contribution is 0.619. The summed E-state index contributed by atoms with van der Waals surface area (Å²) in [7, 11) is 0. The highest BCUT2D eigenvalue weighted by Crippen LogP contribution is 2.31. The van der Waals surface area contributed by atoms with Crippen LogP contribution >= 0.6 is 0 Å². The molecule has 23 heavy (non-hydrogen) atoms. The molecule has 3 heterocycles. The molecule has 0 bridgehead atoms. The monoisotopic (exact) mass is 304 g/mol. The van der Waals surface area contributed by atoms with Crippen molar-refractivity contribution >= 4 is 5.65 Å². The molecule has 0 radical (unpaired) electrons. The van der Waals surface area contributed by atoms with Crippen LogP contribution in [-0.4, -0.2) is 19.6 Å². The molecule has 0 unspecified atom stereocenters. The van der Waals surface area contributed by atoms with Crippen LogP contribution in [0.4, 0.5) is 4.39 Å². The third kappa shape index (κ3) is 2.36. The van der Waals surface area contributed by atoms with Gasteiger partial charge in [-0.2, -0.15) is 5.10 Å². The van der Waals surface area contributed by atoms with Gasteiger partial charge in [0.25, 0.3) is 0 Å². The first-order valence-corrected chi connectivity index (χ1v) is 7.24. The highest BCUT2D eigenvalue weighted by molar-refractivity contribution is 5.81. The summed E-state index contributed by atoms with van der Waals surface area (Å²) in [5.74, 6) is -0.212. The highest BCUT2D eigenvalue weighted by atomic mass is 19.1. The van der Waals surface area contributed by atoms with Crippen LogP contribution in [0.1, 0.15) is 5.56 Å². The van der Waals surface area contributed by atoms with E-state index in [2.05, 4.69) is 15.1 Å². The molecule has 0 atom stereocenters. The number of rotatable bonds is 2. The summed E-state index contributed by atoms with van der Waals surface area (Å²) in [5, 5.41) is 4.10. The van der Waals surface area contributed by atoms with Crippen molar-refractivity contribution in [2.45, 2.75) is 6.92 Å². The number of hydrogen-bond acceptors (Lipinski definition) is 3. The number of fused-ring (bicyclic) bond motifs is 1. The van der Waals surface area contributed by atoms with Crippen LogP contribution < -0.4 is 0 Å². The van der Waals surface area contributed by atoms with E-state index in [1.807, 2.05) is 36.5 Å². The maximum absolute atomic E-state index is 13.5. The standard InChI is InChI=1S/C18H13FN4/c1-12-9-14(4-5-16(12)19)18-15(3-2-7-20-18)13-6-8-23-17(10-13)21-11-22-23/h2-11H,1H3. The van der Waals surface area contributed by atoms with Gasteiger partial charge in [0.15, 0.2) is 5.65 Å². The van der Waals surface area contributed by atoms with Crippen LogP contribution in [0.15, 0.2) is 61.2 Å². The van der Waals surface area contributed by atoms with Crippen LogP contribution in [0, 0.1) is 12.7 Å². The molecule has 4 rings (SSSR count). The number of pyridine rings is 2. The fraction of sp³-hybridized carbons (Fsp3) is 0.0556. The van der Waals surface area contributed by atoms with E-state index in [0.717, 1.165) is 28.0 Å². The average Bonchev–Trinajstić information content (AvgIpc) is 3.05. The first kappa shape index (κ1) is 13.6. The van der Waals surface area contributed by atoms with Crippen LogP contribution in [0.3, 0.4) is 0 Å². The minimum Gasteiger partial charge on any atom is -0.256 e. The van der Waals surface area contributed by atoms with Gasteiger partial charge in [0, 0.05) is 23.5 Å². The smallest absolute Gasteiger partial charge is 0.155 e. The van der Waals surface area contributed by atoms with Gasteiger partial charge in [0.2, 0.25) is 0 Å². The van der Waals surface area contributed by atoms with Crippen LogP contribution in [0.25, 0.3) is 28.0 Å². The lowest BCUT2D eigenvalue weighted by Gasteiger charge is -2.10. The zero-order valence-electron chi connectivity index (χ0n) is 12.4. The van der Waals surface area contributed by atoms with Crippen molar-refractivity contribution in [1.29, 1.82) is 0 Å². The third-order valence-corrected chi connectivity index (χ3v) is 3.83. The molecular weight excluding hydrogens is 291 g/mol. The fourth-order valence-corrected chi connectivity index (χ4v) is 2.64. The molecule has 0 amide bonds. The van der Waals surface area contributed by atoms with Gasteiger partial charge in [0.05, 0.1) is 5.69 Å². The number of halogens is 1. The summed E-state index contributed by atoms with van der Waals surface area (Å²) >= 11 is 0. The van der Waals surface area contributed by atoms with Gasteiger partial charge in [-0.25, -0.2) is 13.9 Å². The van der Waals surface area contributed by atoms with E-state index in [4.69, 9.17) is 0 Å². The zero-order chi connectivity index (χ0) is 15.8. The molecule has 0 spiro atoms. The van der Waals surface area contributed by atoms with Crippen molar-refractivity contribution in [3.05, 3.63) is 72.6 Å². The van der Waals surface area contributed by atoms with Crippen molar-refractivity contribution in [1.82, 2.24) is 19.6 Å². The fourth-order valence-electron chi connectivity index (χ4n) is 2.64. The van der Waals surface area contributed by atoms with Crippen molar-refractivity contribution in [2.24, 2.45) is 0 Å². The molecule has 5 heteroatoms. The molecule has 0 fully saturated rings. The largest absolute Gasteiger partial charge is 0.256 e. The lowest BCUT2D eigenvalue weighted by atomic mass is 9.99. The molecule has 0 N–H and O–H groups in total. The predicted molar refractivity (Wildman–Crippen MR) is 86.3 cm³/mol. The van der Waals surface area contributed by atoms with E-state index in [1.54, 1.807) is 23.7 Å². The molecule has 0 aliphatic heterocycles. The van der Waals surface area contributed by atoms with Crippen molar-refractivity contribution < 1.29 is 4.39 Å². The van der Waals surface area contributed by atoms with Gasteiger partial charge >= 0.3 is 0 Å². The van der Waals surface area contributed by atoms with E-state index >= 15 is 0 Å². The summed E-state index contributed by atoms with van der Waals surface area (Å²) < 4.78 is 15.2. The summed E-state index contributed by atoms with van der Waals surface area (Å²) in [6, 6.07) is 12.9. The maximum atomic E-state index is 13.5. The van der Waals surface area contributed by atoms with Gasteiger partial charge in [-0.15, -0.1) is 0 Å². The van der Waals surface area contributed by atoms with Crippen LogP contribution in [0.2, 0.25) is 0 Å². The molecule has 0 saturated heterocycles. The topological polar surface area (TPSA) is 43.1 Å². The van der Waals surface area contributed by atoms with E-state index in [-0.39, 0.29) is 5.82 Å². The molecule has 4 nitrogen and oxygen atoms in total. The number of aromatic nitrogens is 4. The Morgan fingerprint density at radius 2 is 1.91 bits per heavy atom. The average molecular weight is 304 g/mol. The van der Waals surface area contributed by atoms with Gasteiger partial charge in [-0.3, -0.25) is 4.98 Å². The Morgan fingerprint density at radius 3 is 2.78 bits per heavy atom. The Hall–Kier alpha value is -3.08. The molecule has 0 aliphatic rings. The molecule has 1 aromatic carbocycles. The molecule has 0 aliphatic carbocycles. The van der Waals surface area contributed by atoms with E-state index in [9.17, 15) is 4.39 Å². The quantitative estimate of drug-likeness (QED) is 0.564. The molecule has 3 aromatic heterocycles. The first-order chi connectivity index (χ1) is 11.2. The van der Waals surface area contributed by atoms with Gasteiger partial charge < -0.3 is 0 Å². The predicted octanol–water partition coefficient (Wildman–Crippen LogP) is 3.91. The Morgan fingerprint density at radius 1 is 1.00 bits per heavy atom. The Labute approximate surface area is 132 Å². The number of hydrogen-bond donors (Lipinski definition) is 0. The van der Waals surface area contributed by atoms with Gasteiger partial charge in [-0.1, -0.05) is 6.07 Å². The van der Waals surface area contributed by atoms with Crippen molar-refractivity contribution in [3.63, 3.8) is 0 Å². The van der Waals surface area contributed by atoms with E-state index in [1.165, 1.54) is 12.4 Å². The van der Waals surface area contributed by atoms with Gasteiger partial charge in [0.1, 0.15) is 12.1 Å². The van der Waals surface area contributed by atoms with Crippen LogP contribution in [-0.2, 0) is 0 Å². The van der Waals surface area contributed by atoms with Gasteiger partial charge in [-0.05, 0) is 54.4 Å². The van der Waals surface area contributed by atoms with Crippen molar-refractivity contribution in [2.75, 3.05) is 0 Å². The first-order valence-electron chi connectivity index (χ1n) is 7.24. The molecule has 4 aromatic rings. The second-order valence-electron chi connectivity index (χ2n) is 5.34. The van der Waals surface area contributed by atoms with E-state index < -0.39 is 0 Å². The lowest BCUT2D eigenvalue weighted by Crippen LogP contribution is -1.92. The maximum Gasteiger partial charge on any atom is 0.155 e. The van der Waals surface area contributed by atoms with Crippen molar-refractivity contribution in [3.8, 4) is 22.4 Å². The minimum atomic E-state index is -0.212. The molecule has 112 valence electrons. The minimum absolute atomic E-state index is 0.212. The SMILES string of the molecule is Cc1cc(-c2ncccc2-c2ccn3ncnc3c2)ccc1F. The van der Waals surface area contributed by atoms with Crippen LogP contribution in [0.5, 0.6) is 0 Å². The second kappa shape index (κ2) is 5.28. The summed E-state index contributed by atoms with van der Waals surface area (Å²) in [6.07, 6.45) is 5.13. The summed E-state index contributed by atoms with van der Waals surface area (Å²) in [4.78, 5) is 8.71.